The van der Waals surface area contributed by atoms with E-state index in [1.807, 2.05) is 0 Å². The van der Waals surface area contributed by atoms with Gasteiger partial charge in [-0.25, -0.2) is 9.69 Å². The Balaban J connectivity index is 1.87. The molecule has 10 nitrogen and oxygen atoms in total. The number of nitrogens with zero attached hydrogens (tertiary/aromatic N) is 1. The van der Waals surface area contributed by atoms with Gasteiger partial charge in [-0.3, -0.25) is 19.2 Å². The normalized spacial score (nSPS) is 21.2. The van der Waals surface area contributed by atoms with Gasteiger partial charge in [0.15, 0.2) is 5.41 Å². The second kappa shape index (κ2) is 9.02. The molecule has 2 atom stereocenters. The van der Waals surface area contributed by atoms with Crippen LogP contribution in [0.5, 0.6) is 0 Å². The molecule has 1 spiro atoms. The number of benzene rings is 2. The molecule has 10 heteroatoms. The summed E-state index contributed by atoms with van der Waals surface area (Å²) >= 11 is 0. The maximum Gasteiger partial charge on any atom is 0.421 e. The molecule has 37 heavy (non-hydrogen) atoms. The molecule has 1 aliphatic carbocycles. The van der Waals surface area contributed by atoms with Crippen molar-refractivity contribution in [2.75, 3.05) is 19.1 Å². The summed E-state index contributed by atoms with van der Waals surface area (Å²) < 4.78 is 20.8. The van der Waals surface area contributed by atoms with Crippen molar-refractivity contribution in [3.8, 4) is 0 Å². The van der Waals surface area contributed by atoms with Crippen molar-refractivity contribution in [3.63, 3.8) is 0 Å². The van der Waals surface area contributed by atoms with Gasteiger partial charge in [0.05, 0.1) is 19.9 Å². The summed E-state index contributed by atoms with van der Waals surface area (Å²) in [7, 11) is 2.06. The molecular weight excluding hydrogens is 482 g/mol. The van der Waals surface area contributed by atoms with Gasteiger partial charge in [-0.2, -0.15) is 0 Å². The predicted molar refractivity (Wildman–Crippen MR) is 128 cm³/mol. The summed E-state index contributed by atoms with van der Waals surface area (Å²) in [6.07, 6.45) is -1.02. The Labute approximate surface area is 213 Å². The van der Waals surface area contributed by atoms with Crippen LogP contribution in [-0.4, -0.2) is 49.7 Å². The van der Waals surface area contributed by atoms with Crippen LogP contribution in [0.2, 0.25) is 0 Å². The Morgan fingerprint density at radius 3 is 2.03 bits per heavy atom. The highest BCUT2D eigenvalue weighted by Gasteiger charge is 2.95. The fourth-order valence-corrected chi connectivity index (χ4v) is 5.16. The lowest BCUT2D eigenvalue weighted by atomic mass is 9.86. The van der Waals surface area contributed by atoms with Crippen LogP contribution < -0.4 is 4.90 Å². The zero-order chi connectivity index (χ0) is 27.2. The molecule has 2 unspecified atom stereocenters. The molecule has 0 aromatic heterocycles. The van der Waals surface area contributed by atoms with Crippen molar-refractivity contribution in [1.82, 2.24) is 0 Å². The average molecular weight is 510 g/mol. The Hall–Kier alpha value is -4.21. The number of carbonyl (C=O) groups excluding carboxylic acids is 5. The first-order chi connectivity index (χ1) is 17.5. The number of hydrogen-bond donors (Lipinski definition) is 0. The lowest BCUT2D eigenvalue weighted by Gasteiger charge is -2.24. The van der Waals surface area contributed by atoms with Gasteiger partial charge in [-0.05, 0) is 38.0 Å². The minimum absolute atomic E-state index is 0.0808. The van der Waals surface area contributed by atoms with Gasteiger partial charge in [0.2, 0.25) is 5.91 Å². The van der Waals surface area contributed by atoms with Crippen molar-refractivity contribution in [1.29, 1.82) is 0 Å². The van der Waals surface area contributed by atoms with Crippen LogP contribution in [0.4, 0.5) is 10.5 Å². The number of hydrogen-bond acceptors (Lipinski definition) is 9. The van der Waals surface area contributed by atoms with Crippen LogP contribution in [-0.2, 0) is 50.1 Å². The minimum Gasteiger partial charge on any atom is -0.468 e. The molecule has 0 bridgehead atoms. The number of methoxy groups -OCH3 is 2. The highest BCUT2D eigenvalue weighted by atomic mass is 16.6. The van der Waals surface area contributed by atoms with Crippen LogP contribution in [0.15, 0.2) is 54.6 Å². The molecule has 1 aliphatic heterocycles. The third kappa shape index (κ3) is 3.66. The molecule has 1 fully saturated rings. The van der Waals surface area contributed by atoms with Gasteiger partial charge in [0, 0.05) is 0 Å². The molecule has 2 aromatic carbocycles. The second-order valence-electron chi connectivity index (χ2n) is 9.76. The maximum absolute atomic E-state index is 14.1. The third-order valence-corrected chi connectivity index (χ3v) is 6.57. The van der Waals surface area contributed by atoms with Gasteiger partial charge in [-0.1, -0.05) is 48.5 Å². The molecule has 2 aromatic rings. The fourth-order valence-electron chi connectivity index (χ4n) is 5.16. The van der Waals surface area contributed by atoms with E-state index in [2.05, 4.69) is 0 Å². The van der Waals surface area contributed by atoms with E-state index >= 15 is 0 Å². The number of para-hydroxylation sites is 1. The molecule has 1 saturated carbocycles. The van der Waals surface area contributed by atoms with Crippen molar-refractivity contribution in [3.05, 3.63) is 65.7 Å². The molecule has 194 valence electrons. The van der Waals surface area contributed by atoms with Gasteiger partial charge < -0.3 is 18.9 Å². The van der Waals surface area contributed by atoms with E-state index in [0.29, 0.717) is 5.56 Å². The first kappa shape index (κ1) is 25.9. The Kier molecular flexibility index (Phi) is 6.31. The number of rotatable bonds is 5. The van der Waals surface area contributed by atoms with E-state index in [1.54, 1.807) is 63.2 Å². The molecule has 0 radical (unpaired) electrons. The van der Waals surface area contributed by atoms with Crippen LogP contribution in [0.3, 0.4) is 0 Å². The summed E-state index contributed by atoms with van der Waals surface area (Å²) in [5.41, 5.74) is -4.65. The summed E-state index contributed by atoms with van der Waals surface area (Å²) in [5.74, 6) is -5.94. The minimum atomic E-state index is -2.41. The lowest BCUT2D eigenvalue weighted by Crippen LogP contribution is -2.45. The Morgan fingerprint density at radius 1 is 0.892 bits per heavy atom. The highest BCUT2D eigenvalue weighted by molar-refractivity contribution is 6.31. The average Bonchev–Trinajstić information content (AvgIpc) is 3.44. The van der Waals surface area contributed by atoms with Gasteiger partial charge in [0.1, 0.15) is 23.5 Å². The SMILES string of the molecule is COC(=O)C1(C(=O)OC)C(C(=O)OCc2ccccc2)C12C(=O)N(C(=O)OC(C)(C)C)c1ccccc12. The van der Waals surface area contributed by atoms with Crippen molar-refractivity contribution < 1.29 is 42.9 Å². The first-order valence-electron chi connectivity index (χ1n) is 11.5. The number of carbonyl (C=O) groups is 5. The molecule has 0 N–H and O–H groups in total. The number of anilines is 1. The van der Waals surface area contributed by atoms with E-state index in [0.717, 1.165) is 19.1 Å². The Bertz CT molecular complexity index is 1260. The van der Waals surface area contributed by atoms with E-state index in [1.165, 1.54) is 12.1 Å². The predicted octanol–water partition coefficient (Wildman–Crippen LogP) is 2.91. The van der Waals surface area contributed by atoms with Gasteiger partial charge in [-0.15, -0.1) is 0 Å². The van der Waals surface area contributed by atoms with Crippen LogP contribution in [0, 0.1) is 11.3 Å². The van der Waals surface area contributed by atoms with Crippen LogP contribution in [0.1, 0.15) is 31.9 Å². The van der Waals surface area contributed by atoms with Crippen LogP contribution in [0.25, 0.3) is 0 Å². The van der Waals surface area contributed by atoms with Gasteiger partial charge in [0.25, 0.3) is 0 Å². The summed E-state index contributed by atoms with van der Waals surface area (Å²) in [5, 5.41) is 0. The second-order valence-corrected chi connectivity index (χ2v) is 9.76. The van der Waals surface area contributed by atoms with E-state index in [4.69, 9.17) is 18.9 Å². The molecule has 0 saturated heterocycles. The molecule has 2 amide bonds. The molecule has 4 rings (SSSR count). The van der Waals surface area contributed by atoms with E-state index in [9.17, 15) is 24.0 Å². The monoisotopic (exact) mass is 509 g/mol. The topological polar surface area (TPSA) is 126 Å². The number of ether oxygens (including phenoxy) is 4. The zero-order valence-electron chi connectivity index (χ0n) is 21.1. The smallest absolute Gasteiger partial charge is 0.421 e. The lowest BCUT2D eigenvalue weighted by molar-refractivity contribution is -0.167. The highest BCUT2D eigenvalue weighted by Crippen LogP contribution is 2.75. The first-order valence-corrected chi connectivity index (χ1v) is 11.5. The number of esters is 3. The summed E-state index contributed by atoms with van der Waals surface area (Å²) in [4.78, 5) is 68.1. The van der Waals surface area contributed by atoms with Crippen LogP contribution >= 0.6 is 0 Å². The quantitative estimate of drug-likeness (QED) is 0.340. The van der Waals surface area contributed by atoms with Crippen molar-refractivity contribution >= 4 is 35.6 Å². The zero-order valence-corrected chi connectivity index (χ0v) is 21.1. The number of fused-ring (bicyclic) bond motifs is 2. The van der Waals surface area contributed by atoms with E-state index in [-0.39, 0.29) is 17.9 Å². The number of amides is 2. The van der Waals surface area contributed by atoms with Crippen molar-refractivity contribution in [2.24, 2.45) is 11.3 Å². The summed E-state index contributed by atoms with van der Waals surface area (Å²) in [6.45, 7) is 4.71. The third-order valence-electron chi connectivity index (χ3n) is 6.57. The van der Waals surface area contributed by atoms with E-state index < -0.39 is 52.3 Å². The molecule has 2 aliphatic rings. The van der Waals surface area contributed by atoms with Gasteiger partial charge >= 0.3 is 24.0 Å². The maximum atomic E-state index is 14.1. The fraction of sp³-hybridized carbons (Fsp3) is 0.370. The molecular formula is C27H27NO9. The summed E-state index contributed by atoms with van der Waals surface area (Å²) in [6, 6.07) is 14.8. The van der Waals surface area contributed by atoms with Crippen molar-refractivity contribution in [2.45, 2.75) is 38.4 Å². The standard InChI is InChI=1S/C27H27NO9/c1-25(2,3)37-24(33)28-18-14-10-9-13-17(18)26(21(28)30)19(27(26,22(31)34-4)23(32)35-5)20(29)36-15-16-11-7-6-8-12-16/h6-14,19H,15H2,1-5H3. The number of imide groups is 1. The molecule has 1 heterocycles. The largest absolute Gasteiger partial charge is 0.468 e. The Morgan fingerprint density at radius 2 is 1.46 bits per heavy atom.